The molecule has 0 spiro atoms. The van der Waals surface area contributed by atoms with E-state index in [4.69, 9.17) is 0 Å². The molecule has 0 aliphatic rings. The summed E-state index contributed by atoms with van der Waals surface area (Å²) >= 11 is -1.91. The van der Waals surface area contributed by atoms with E-state index in [0.717, 1.165) is 0 Å². The minimum Gasteiger partial charge on any atom is -0.232 e. The van der Waals surface area contributed by atoms with Crippen molar-refractivity contribution in [1.82, 2.24) is 0 Å². The van der Waals surface area contributed by atoms with E-state index in [1.165, 1.54) is 0 Å². The fourth-order valence-corrected chi connectivity index (χ4v) is 6.43. The van der Waals surface area contributed by atoms with Crippen molar-refractivity contribution in [1.29, 1.82) is 0 Å². The third-order valence-corrected chi connectivity index (χ3v) is 8.60. The zero-order valence-electron chi connectivity index (χ0n) is 17.7. The number of alkyl halides is 6. The second-order valence-electron chi connectivity index (χ2n) is 6.14. The van der Waals surface area contributed by atoms with Gasteiger partial charge in [-0.1, -0.05) is 9.05 Å². The Labute approximate surface area is 218 Å². The van der Waals surface area contributed by atoms with Gasteiger partial charge in [-0.3, -0.25) is 0 Å². The number of hydrogen-bond donors (Lipinski definition) is 0. The van der Waals surface area contributed by atoms with E-state index in [-0.39, 0.29) is 12.1 Å². The van der Waals surface area contributed by atoms with Gasteiger partial charge < -0.3 is 0 Å². The van der Waals surface area contributed by atoms with Crippen LogP contribution in [0.25, 0.3) is 0 Å². The van der Waals surface area contributed by atoms with Crippen molar-refractivity contribution in [2.75, 3.05) is 13.6 Å². The fraction of sp³-hybridized carbons (Fsp3) is 0.250. The molecule has 0 aliphatic carbocycles. The summed E-state index contributed by atoms with van der Waals surface area (Å²) in [5.41, 5.74) is -9.99. The van der Waals surface area contributed by atoms with Gasteiger partial charge in [0.05, 0.1) is 0 Å². The van der Waals surface area contributed by atoms with Gasteiger partial charge in [0.2, 0.25) is 13.6 Å². The lowest BCUT2D eigenvalue weighted by molar-refractivity contribution is -0.0338. The summed E-state index contributed by atoms with van der Waals surface area (Å²) in [6, 6.07) is 2.54. The number of halogens is 8. The van der Waals surface area contributed by atoms with Crippen LogP contribution in [0.5, 0.6) is 0 Å². The van der Waals surface area contributed by atoms with Gasteiger partial charge in [-0.2, -0.15) is 43.2 Å². The fourth-order valence-electron chi connectivity index (χ4n) is 2.21. The Morgan fingerprint density at radius 2 is 1.03 bits per heavy atom. The van der Waals surface area contributed by atoms with E-state index in [1.54, 1.807) is 0 Å². The van der Waals surface area contributed by atoms with Crippen molar-refractivity contribution in [3.63, 3.8) is 0 Å². The quantitative estimate of drug-likeness (QED) is 0.0891. The predicted octanol–water partition coefficient (Wildman–Crippen LogP) is 5.91. The standard InChI is InChI=1S/C16H10F8O9PS4/c17-9-1-3-13(11(5-9)35-15(19,20)21)37(26,27)32-7-30-34(25)31-8-33-38(28,29)14-4-2-10(18)6-12(14)36-16(22,23)24/h1-6H,7-8H2/q+1. The lowest BCUT2D eigenvalue weighted by atomic mass is 10.3. The smallest absolute Gasteiger partial charge is 0.232 e. The highest BCUT2D eigenvalue weighted by molar-refractivity contribution is 8.01. The molecular formula is C16H10F8O9PS4+. The van der Waals surface area contributed by atoms with Gasteiger partial charge in [-0.25, -0.2) is 17.1 Å². The number of rotatable bonds is 12. The van der Waals surface area contributed by atoms with Crippen molar-refractivity contribution in [2.24, 2.45) is 0 Å². The topological polar surface area (TPSA) is 122 Å². The molecule has 0 aromatic heterocycles. The largest absolute Gasteiger partial charge is 0.702 e. The molecule has 2 rings (SSSR count). The summed E-state index contributed by atoms with van der Waals surface area (Å²) in [7, 11) is -13.5. The molecule has 0 radical (unpaired) electrons. The molecule has 0 heterocycles. The molecule has 0 saturated heterocycles. The molecule has 0 fully saturated rings. The third-order valence-electron chi connectivity index (χ3n) is 3.52. The van der Waals surface area contributed by atoms with Gasteiger partial charge in [0.1, 0.15) is 21.4 Å². The summed E-state index contributed by atoms with van der Waals surface area (Å²) in [5.74, 6) is -2.38. The Morgan fingerprint density at radius 3 is 1.34 bits per heavy atom. The Balaban J connectivity index is 1.97. The van der Waals surface area contributed by atoms with Gasteiger partial charge >= 0.3 is 39.5 Å². The van der Waals surface area contributed by atoms with Crippen molar-refractivity contribution in [3.05, 3.63) is 48.0 Å². The molecule has 0 saturated carbocycles. The number of benzene rings is 2. The Bertz CT molecular complexity index is 1280. The molecule has 0 atom stereocenters. The van der Waals surface area contributed by atoms with Gasteiger partial charge in [0, 0.05) is 14.4 Å². The molecule has 0 aliphatic heterocycles. The first-order valence-electron chi connectivity index (χ1n) is 8.92. The zero-order valence-corrected chi connectivity index (χ0v) is 21.8. The second kappa shape index (κ2) is 12.7. The maximum absolute atomic E-state index is 13.3. The first-order valence-corrected chi connectivity index (χ1v) is 14.5. The van der Waals surface area contributed by atoms with Crippen LogP contribution in [0.4, 0.5) is 35.1 Å². The maximum Gasteiger partial charge on any atom is 0.702 e. The van der Waals surface area contributed by atoms with E-state index in [0.29, 0.717) is 24.3 Å². The van der Waals surface area contributed by atoms with Crippen LogP contribution >= 0.6 is 31.8 Å². The van der Waals surface area contributed by atoms with E-state index >= 15 is 0 Å². The van der Waals surface area contributed by atoms with E-state index in [9.17, 15) is 56.5 Å². The molecular weight excluding hydrogens is 647 g/mol. The van der Waals surface area contributed by atoms with Crippen LogP contribution in [0.3, 0.4) is 0 Å². The van der Waals surface area contributed by atoms with Crippen LogP contribution < -0.4 is 0 Å². The highest BCUT2D eigenvalue weighted by Crippen LogP contribution is 2.42. The Kier molecular flexibility index (Phi) is 10.9. The first kappa shape index (κ1) is 32.6. The summed E-state index contributed by atoms with van der Waals surface area (Å²) in [6.07, 6.45) is 0. The lowest BCUT2D eigenvalue weighted by Crippen LogP contribution is -2.12. The zero-order chi connectivity index (χ0) is 28.9. The van der Waals surface area contributed by atoms with E-state index in [2.05, 4.69) is 17.4 Å². The summed E-state index contributed by atoms with van der Waals surface area (Å²) in [5, 5.41) is 0. The average molecular weight is 657 g/mol. The SMILES string of the molecule is O=[P+](OCOS(=O)(=O)c1ccc(F)cc1SC(F)(F)F)OCOS(=O)(=O)c1ccc(F)cc1SC(F)(F)F. The Hall–Kier alpha value is -1.58. The molecule has 0 bridgehead atoms. The van der Waals surface area contributed by atoms with Crippen LogP contribution in [-0.2, 0) is 42.2 Å². The van der Waals surface area contributed by atoms with Crippen LogP contribution in [0.1, 0.15) is 0 Å². The monoisotopic (exact) mass is 657 g/mol. The predicted molar refractivity (Wildman–Crippen MR) is 113 cm³/mol. The molecule has 0 amide bonds. The average Bonchev–Trinajstić information content (AvgIpc) is 2.70. The van der Waals surface area contributed by atoms with Crippen LogP contribution in [0, 0.1) is 11.6 Å². The minimum atomic E-state index is -5.03. The normalized spacial score (nSPS) is 13.1. The van der Waals surface area contributed by atoms with Gasteiger partial charge in [0.25, 0.3) is 0 Å². The number of thioether (sulfide) groups is 2. The highest BCUT2D eigenvalue weighted by Gasteiger charge is 2.35. The van der Waals surface area contributed by atoms with Crippen molar-refractivity contribution < 1.29 is 73.9 Å². The molecule has 2 aromatic carbocycles. The van der Waals surface area contributed by atoms with E-state index < -0.39 is 108 Å². The summed E-state index contributed by atoms with van der Waals surface area (Å²) < 4.78 is 180. The number of hydrogen-bond acceptors (Lipinski definition) is 11. The molecule has 22 heteroatoms. The molecule has 38 heavy (non-hydrogen) atoms. The van der Waals surface area contributed by atoms with E-state index in [1.807, 2.05) is 0 Å². The van der Waals surface area contributed by atoms with Gasteiger partial charge in [-0.15, -0.1) is 0 Å². The van der Waals surface area contributed by atoms with Crippen molar-refractivity contribution >= 4 is 52.0 Å². The molecule has 2 aromatic rings. The Morgan fingerprint density at radius 1 is 0.684 bits per heavy atom. The van der Waals surface area contributed by atoms with Crippen LogP contribution in [0.2, 0.25) is 0 Å². The summed E-state index contributed by atoms with van der Waals surface area (Å²) in [6.45, 7) is -2.88. The van der Waals surface area contributed by atoms with Crippen molar-refractivity contribution in [2.45, 2.75) is 30.6 Å². The second-order valence-corrected chi connectivity index (χ2v) is 12.5. The van der Waals surface area contributed by atoms with Crippen LogP contribution in [0.15, 0.2) is 56.0 Å². The maximum atomic E-state index is 13.3. The molecule has 9 nitrogen and oxygen atoms in total. The van der Waals surface area contributed by atoms with Crippen molar-refractivity contribution in [3.8, 4) is 0 Å². The molecule has 0 unspecified atom stereocenters. The minimum absolute atomic E-state index is 0.274. The van der Waals surface area contributed by atoms with Gasteiger partial charge in [-0.05, 0) is 59.9 Å². The lowest BCUT2D eigenvalue weighted by Gasteiger charge is -2.11. The van der Waals surface area contributed by atoms with Gasteiger partial charge in [0.15, 0.2) is 0 Å². The summed E-state index contributed by atoms with van der Waals surface area (Å²) in [4.78, 5) is -4.38. The highest BCUT2D eigenvalue weighted by atomic mass is 32.2. The molecule has 212 valence electrons. The first-order chi connectivity index (χ1) is 17.3. The third kappa shape index (κ3) is 10.5. The van der Waals surface area contributed by atoms with Crippen LogP contribution in [-0.4, -0.2) is 41.4 Å². The molecule has 0 N–H and O–H groups in total.